The smallest absolute Gasteiger partial charge is 0.270 e. The van der Waals surface area contributed by atoms with Crippen LogP contribution >= 0.6 is 0 Å². The number of nitrogens with one attached hydrogen (secondary N) is 1. The third-order valence-corrected chi connectivity index (χ3v) is 4.33. The van der Waals surface area contributed by atoms with Gasteiger partial charge in [0, 0.05) is 18.3 Å². The standard InChI is InChI=1S/C18H22N4O2/c1-4-21-16(10-12(2)20-21)17(23)19-15-11-13(3)22(18(15)24)14-8-6-5-7-9-14/h5-10,13,15H,4,11H2,1-3H3,(H,19,23). The van der Waals surface area contributed by atoms with Crippen molar-refractivity contribution in [2.45, 2.75) is 45.8 Å². The summed E-state index contributed by atoms with van der Waals surface area (Å²) in [6.07, 6.45) is 0.596. The van der Waals surface area contributed by atoms with E-state index in [1.54, 1.807) is 15.6 Å². The first-order chi connectivity index (χ1) is 11.5. The van der Waals surface area contributed by atoms with Crippen LogP contribution in [-0.4, -0.2) is 33.7 Å². The zero-order valence-corrected chi connectivity index (χ0v) is 14.2. The van der Waals surface area contributed by atoms with Crippen LogP contribution in [0.5, 0.6) is 0 Å². The quantitative estimate of drug-likeness (QED) is 0.936. The number of benzene rings is 1. The molecule has 126 valence electrons. The van der Waals surface area contributed by atoms with E-state index in [0.717, 1.165) is 11.4 Å². The second-order valence-electron chi connectivity index (χ2n) is 6.14. The van der Waals surface area contributed by atoms with Crippen molar-refractivity contribution < 1.29 is 9.59 Å². The summed E-state index contributed by atoms with van der Waals surface area (Å²) >= 11 is 0. The summed E-state index contributed by atoms with van der Waals surface area (Å²) in [6.45, 7) is 6.39. The molecule has 1 aromatic heterocycles. The molecule has 1 N–H and O–H groups in total. The molecular formula is C18H22N4O2. The average Bonchev–Trinajstić information content (AvgIpc) is 3.08. The summed E-state index contributed by atoms with van der Waals surface area (Å²) < 4.78 is 1.66. The molecule has 1 fully saturated rings. The number of amides is 2. The summed E-state index contributed by atoms with van der Waals surface area (Å²) in [5, 5.41) is 7.15. The molecule has 0 aliphatic carbocycles. The van der Waals surface area contributed by atoms with Gasteiger partial charge in [-0.1, -0.05) is 18.2 Å². The van der Waals surface area contributed by atoms with Crippen molar-refractivity contribution in [3.05, 3.63) is 47.8 Å². The molecule has 0 spiro atoms. The van der Waals surface area contributed by atoms with E-state index in [1.165, 1.54) is 0 Å². The van der Waals surface area contributed by atoms with Crippen LogP contribution in [0.1, 0.15) is 36.5 Å². The van der Waals surface area contributed by atoms with Crippen molar-refractivity contribution in [2.24, 2.45) is 0 Å². The fourth-order valence-corrected chi connectivity index (χ4v) is 3.22. The lowest BCUT2D eigenvalue weighted by Crippen LogP contribution is -2.42. The Labute approximate surface area is 141 Å². The molecule has 2 amide bonds. The van der Waals surface area contributed by atoms with Gasteiger partial charge in [0.2, 0.25) is 5.91 Å². The highest BCUT2D eigenvalue weighted by atomic mass is 16.2. The molecule has 2 aromatic rings. The third kappa shape index (κ3) is 2.91. The Morgan fingerprint density at radius 2 is 2.04 bits per heavy atom. The van der Waals surface area contributed by atoms with Crippen LogP contribution in [0, 0.1) is 6.92 Å². The van der Waals surface area contributed by atoms with Gasteiger partial charge >= 0.3 is 0 Å². The second kappa shape index (κ2) is 6.47. The number of hydrogen-bond donors (Lipinski definition) is 1. The van der Waals surface area contributed by atoms with Gasteiger partial charge in [0.15, 0.2) is 0 Å². The van der Waals surface area contributed by atoms with E-state index in [2.05, 4.69) is 10.4 Å². The SMILES string of the molecule is CCn1nc(C)cc1C(=O)NC1CC(C)N(c2ccccc2)C1=O. The number of carbonyl (C=O) groups excluding carboxylic acids is 2. The van der Waals surface area contributed by atoms with Gasteiger partial charge in [-0.15, -0.1) is 0 Å². The Bertz CT molecular complexity index is 754. The predicted molar refractivity (Wildman–Crippen MR) is 91.9 cm³/mol. The molecule has 2 atom stereocenters. The largest absolute Gasteiger partial charge is 0.339 e. The summed E-state index contributed by atoms with van der Waals surface area (Å²) in [6, 6.07) is 10.8. The van der Waals surface area contributed by atoms with Crippen molar-refractivity contribution in [3.63, 3.8) is 0 Å². The average molecular weight is 326 g/mol. The van der Waals surface area contributed by atoms with Crippen molar-refractivity contribution in [3.8, 4) is 0 Å². The van der Waals surface area contributed by atoms with E-state index in [-0.39, 0.29) is 17.9 Å². The maximum absolute atomic E-state index is 12.7. The van der Waals surface area contributed by atoms with Gasteiger partial charge in [-0.25, -0.2) is 0 Å². The highest BCUT2D eigenvalue weighted by Crippen LogP contribution is 2.26. The summed E-state index contributed by atoms with van der Waals surface area (Å²) in [5.74, 6) is -0.320. The van der Waals surface area contributed by atoms with Gasteiger partial charge in [0.05, 0.1) is 5.69 Å². The summed E-state index contributed by atoms with van der Waals surface area (Å²) in [4.78, 5) is 27.0. The number of anilines is 1. The lowest BCUT2D eigenvalue weighted by molar-refractivity contribution is -0.118. The molecule has 6 nitrogen and oxygen atoms in total. The number of rotatable bonds is 4. The molecule has 0 saturated carbocycles. The van der Waals surface area contributed by atoms with E-state index < -0.39 is 6.04 Å². The predicted octanol–water partition coefficient (Wildman–Crippen LogP) is 2.14. The first-order valence-corrected chi connectivity index (χ1v) is 8.24. The number of para-hydroxylation sites is 1. The fourth-order valence-electron chi connectivity index (χ4n) is 3.22. The number of aryl methyl sites for hydroxylation is 2. The van der Waals surface area contributed by atoms with E-state index in [4.69, 9.17) is 0 Å². The lowest BCUT2D eigenvalue weighted by Gasteiger charge is -2.21. The number of aromatic nitrogens is 2. The minimum atomic E-state index is -0.506. The third-order valence-electron chi connectivity index (χ3n) is 4.33. The van der Waals surface area contributed by atoms with Crippen LogP contribution in [0.4, 0.5) is 5.69 Å². The summed E-state index contributed by atoms with van der Waals surface area (Å²) in [7, 11) is 0. The number of carbonyl (C=O) groups is 2. The van der Waals surface area contributed by atoms with Crippen molar-refractivity contribution in [2.75, 3.05) is 4.90 Å². The minimum Gasteiger partial charge on any atom is -0.339 e. The van der Waals surface area contributed by atoms with Crippen molar-refractivity contribution >= 4 is 17.5 Å². The topological polar surface area (TPSA) is 67.2 Å². The highest BCUT2D eigenvalue weighted by molar-refractivity contribution is 6.04. The maximum atomic E-state index is 12.7. The van der Waals surface area contributed by atoms with Crippen molar-refractivity contribution in [1.82, 2.24) is 15.1 Å². The lowest BCUT2D eigenvalue weighted by atomic mass is 10.2. The molecule has 1 aliphatic heterocycles. The zero-order valence-electron chi connectivity index (χ0n) is 14.2. The Kier molecular flexibility index (Phi) is 4.38. The first kappa shape index (κ1) is 16.2. The number of nitrogens with zero attached hydrogens (tertiary/aromatic N) is 3. The molecule has 24 heavy (non-hydrogen) atoms. The molecule has 6 heteroatoms. The maximum Gasteiger partial charge on any atom is 0.270 e. The molecule has 2 unspecified atom stereocenters. The van der Waals surface area contributed by atoms with Gasteiger partial charge < -0.3 is 10.2 Å². The van der Waals surface area contributed by atoms with Crippen molar-refractivity contribution in [1.29, 1.82) is 0 Å². The molecule has 0 bridgehead atoms. The summed E-state index contributed by atoms with van der Waals surface area (Å²) in [5.41, 5.74) is 2.15. The normalized spacial score (nSPS) is 20.5. The van der Waals surface area contributed by atoms with Crippen LogP contribution in [0.25, 0.3) is 0 Å². The van der Waals surface area contributed by atoms with Crippen LogP contribution in [0.15, 0.2) is 36.4 Å². The Hall–Kier alpha value is -2.63. The van der Waals surface area contributed by atoms with Crippen LogP contribution in [0.3, 0.4) is 0 Å². The van der Waals surface area contributed by atoms with E-state index in [0.29, 0.717) is 18.7 Å². The van der Waals surface area contributed by atoms with E-state index >= 15 is 0 Å². The molecule has 1 saturated heterocycles. The number of hydrogen-bond acceptors (Lipinski definition) is 3. The van der Waals surface area contributed by atoms with Crippen LogP contribution in [0.2, 0.25) is 0 Å². The van der Waals surface area contributed by atoms with Gasteiger partial charge in [-0.05, 0) is 45.4 Å². The highest BCUT2D eigenvalue weighted by Gasteiger charge is 2.39. The molecular weight excluding hydrogens is 304 g/mol. The minimum absolute atomic E-state index is 0.0445. The second-order valence-corrected chi connectivity index (χ2v) is 6.14. The van der Waals surface area contributed by atoms with Gasteiger partial charge in [0.1, 0.15) is 11.7 Å². The Balaban J connectivity index is 1.77. The van der Waals surface area contributed by atoms with E-state index in [1.807, 2.05) is 51.1 Å². The molecule has 0 radical (unpaired) electrons. The monoisotopic (exact) mass is 326 g/mol. The van der Waals surface area contributed by atoms with Gasteiger partial charge in [-0.3, -0.25) is 14.3 Å². The molecule has 1 aliphatic rings. The first-order valence-electron chi connectivity index (χ1n) is 8.24. The van der Waals surface area contributed by atoms with Crippen LogP contribution in [-0.2, 0) is 11.3 Å². The zero-order chi connectivity index (χ0) is 17.3. The van der Waals surface area contributed by atoms with Gasteiger partial charge in [0.25, 0.3) is 5.91 Å². The Morgan fingerprint density at radius 1 is 1.33 bits per heavy atom. The van der Waals surface area contributed by atoms with E-state index in [9.17, 15) is 9.59 Å². The van der Waals surface area contributed by atoms with Crippen LogP contribution < -0.4 is 10.2 Å². The molecule has 1 aromatic carbocycles. The fraction of sp³-hybridized carbons (Fsp3) is 0.389. The van der Waals surface area contributed by atoms with Gasteiger partial charge in [-0.2, -0.15) is 5.10 Å². The Morgan fingerprint density at radius 3 is 2.71 bits per heavy atom. The molecule has 3 rings (SSSR count). The molecule has 2 heterocycles.